The van der Waals surface area contributed by atoms with E-state index in [1.807, 2.05) is 66.2 Å². The van der Waals surface area contributed by atoms with Gasteiger partial charge in [-0.3, -0.25) is 4.79 Å². The van der Waals surface area contributed by atoms with Crippen LogP contribution in [0, 0.1) is 0 Å². The summed E-state index contributed by atoms with van der Waals surface area (Å²) >= 11 is 0. The van der Waals surface area contributed by atoms with Crippen molar-refractivity contribution in [3.05, 3.63) is 83.9 Å². The number of rotatable bonds is 6. The highest BCUT2D eigenvalue weighted by Gasteiger charge is 2.43. The number of carbonyl (C=O) groups is 2. The molecule has 1 aliphatic rings. The third kappa shape index (κ3) is 3.47. The molecule has 0 N–H and O–H groups in total. The van der Waals surface area contributed by atoms with Gasteiger partial charge in [-0.2, -0.15) is 0 Å². The lowest BCUT2D eigenvalue weighted by Crippen LogP contribution is -2.38. The highest BCUT2D eigenvalue weighted by molar-refractivity contribution is 6.02. The molecule has 0 aliphatic carbocycles. The number of methoxy groups -OCH3 is 1. The predicted molar refractivity (Wildman–Crippen MR) is 107 cm³/mol. The van der Waals surface area contributed by atoms with Crippen molar-refractivity contribution < 1.29 is 14.3 Å². The zero-order valence-corrected chi connectivity index (χ0v) is 16.4. The summed E-state index contributed by atoms with van der Waals surface area (Å²) in [7, 11) is 3.42. The molecule has 2 aromatic carbocycles. The molecule has 2 heterocycles. The first kappa shape index (κ1) is 18.7. The summed E-state index contributed by atoms with van der Waals surface area (Å²) in [6.07, 6.45) is 3.45. The number of imide groups is 1. The molecule has 0 spiro atoms. The van der Waals surface area contributed by atoms with Crippen LogP contribution < -0.4 is 4.74 Å². The first-order chi connectivity index (χ1) is 14.1. The van der Waals surface area contributed by atoms with E-state index in [-0.39, 0.29) is 18.5 Å². The largest absolute Gasteiger partial charge is 0.496 e. The smallest absolute Gasteiger partial charge is 0.328 e. The molecule has 1 aromatic heterocycles. The van der Waals surface area contributed by atoms with E-state index in [0.29, 0.717) is 23.7 Å². The van der Waals surface area contributed by atoms with Gasteiger partial charge in [-0.15, -0.1) is 0 Å². The Morgan fingerprint density at radius 2 is 1.79 bits per heavy atom. The zero-order chi connectivity index (χ0) is 20.4. The number of aromatic nitrogens is 2. The summed E-state index contributed by atoms with van der Waals surface area (Å²) < 4.78 is 7.33. The Morgan fingerprint density at radius 3 is 2.48 bits per heavy atom. The number of aryl methyl sites for hydroxylation is 1. The number of amides is 3. The third-order valence-corrected chi connectivity index (χ3v) is 5.08. The van der Waals surface area contributed by atoms with Gasteiger partial charge in [0.1, 0.15) is 24.2 Å². The van der Waals surface area contributed by atoms with Crippen LogP contribution in [0.5, 0.6) is 5.75 Å². The number of para-hydroxylation sites is 1. The van der Waals surface area contributed by atoms with Gasteiger partial charge in [0.25, 0.3) is 5.91 Å². The quantitative estimate of drug-likeness (QED) is 0.607. The summed E-state index contributed by atoms with van der Waals surface area (Å²) in [5.41, 5.74) is 1.69. The molecule has 1 aliphatic heterocycles. The average Bonchev–Trinajstić information content (AvgIpc) is 3.28. The molecule has 1 fully saturated rings. The Bertz CT molecular complexity index is 1030. The molecule has 3 amide bonds. The highest BCUT2D eigenvalue weighted by Crippen LogP contribution is 2.36. The van der Waals surface area contributed by atoms with Gasteiger partial charge >= 0.3 is 6.03 Å². The number of ether oxygens (including phenoxy) is 1. The van der Waals surface area contributed by atoms with Gasteiger partial charge in [0.2, 0.25) is 0 Å². The van der Waals surface area contributed by atoms with Crippen LogP contribution in [-0.4, -0.2) is 44.9 Å². The van der Waals surface area contributed by atoms with Crippen LogP contribution in [0.4, 0.5) is 4.79 Å². The van der Waals surface area contributed by atoms with Gasteiger partial charge in [-0.25, -0.2) is 14.7 Å². The molecule has 0 radical (unpaired) electrons. The molecule has 1 unspecified atom stereocenters. The van der Waals surface area contributed by atoms with Gasteiger partial charge in [0.15, 0.2) is 0 Å². The van der Waals surface area contributed by atoms with Crippen molar-refractivity contribution in [2.75, 3.05) is 13.7 Å². The van der Waals surface area contributed by atoms with Crippen LogP contribution in [0.15, 0.2) is 67.0 Å². The van der Waals surface area contributed by atoms with E-state index in [1.54, 1.807) is 24.4 Å². The topological polar surface area (TPSA) is 67.7 Å². The lowest BCUT2D eigenvalue weighted by molar-refractivity contribution is -0.126. The SMILES string of the molecule is COc1ccccc1C(c1nccn1C)N1C(=O)CN(Cc2ccccc2)C1=O. The van der Waals surface area contributed by atoms with Crippen molar-refractivity contribution >= 4 is 11.9 Å². The van der Waals surface area contributed by atoms with E-state index in [2.05, 4.69) is 4.98 Å². The minimum atomic E-state index is -0.674. The molecular formula is C22H22N4O3. The second kappa shape index (κ2) is 7.79. The van der Waals surface area contributed by atoms with E-state index in [0.717, 1.165) is 5.56 Å². The van der Waals surface area contributed by atoms with E-state index in [1.165, 1.54) is 4.90 Å². The second-order valence-corrected chi connectivity index (χ2v) is 6.93. The fraction of sp³-hybridized carbons (Fsp3) is 0.227. The van der Waals surface area contributed by atoms with Crippen LogP contribution in [0.3, 0.4) is 0 Å². The van der Waals surface area contributed by atoms with Crippen LogP contribution in [0.2, 0.25) is 0 Å². The maximum Gasteiger partial charge on any atom is 0.328 e. The van der Waals surface area contributed by atoms with E-state index >= 15 is 0 Å². The van der Waals surface area contributed by atoms with Crippen molar-refractivity contribution in [1.29, 1.82) is 0 Å². The van der Waals surface area contributed by atoms with E-state index in [4.69, 9.17) is 4.74 Å². The Morgan fingerprint density at radius 1 is 1.07 bits per heavy atom. The van der Waals surface area contributed by atoms with Crippen molar-refractivity contribution in [3.8, 4) is 5.75 Å². The first-order valence-electron chi connectivity index (χ1n) is 9.35. The van der Waals surface area contributed by atoms with Crippen LogP contribution in [0.1, 0.15) is 23.0 Å². The lowest BCUT2D eigenvalue weighted by Gasteiger charge is -2.27. The maximum atomic E-state index is 13.3. The molecule has 4 rings (SSSR count). The number of carbonyl (C=O) groups excluding carboxylic acids is 2. The summed E-state index contributed by atoms with van der Waals surface area (Å²) in [4.78, 5) is 33.6. The molecular weight excluding hydrogens is 368 g/mol. The predicted octanol–water partition coefficient (Wildman–Crippen LogP) is 2.98. The number of hydrogen-bond donors (Lipinski definition) is 0. The Labute approximate surface area is 169 Å². The molecule has 29 heavy (non-hydrogen) atoms. The minimum absolute atomic E-state index is 0.0315. The highest BCUT2D eigenvalue weighted by atomic mass is 16.5. The molecule has 148 valence electrons. The van der Waals surface area contributed by atoms with Crippen LogP contribution in [0.25, 0.3) is 0 Å². The standard InChI is InChI=1S/C22H22N4O3/c1-24-13-12-23-21(24)20(17-10-6-7-11-18(17)29-2)26-19(27)15-25(22(26)28)14-16-8-4-3-5-9-16/h3-13,20H,14-15H2,1-2H3. The minimum Gasteiger partial charge on any atom is -0.496 e. The van der Waals surface area contributed by atoms with Crippen molar-refractivity contribution in [2.24, 2.45) is 7.05 Å². The number of benzene rings is 2. The second-order valence-electron chi connectivity index (χ2n) is 6.93. The van der Waals surface area contributed by atoms with Gasteiger partial charge in [-0.1, -0.05) is 48.5 Å². The van der Waals surface area contributed by atoms with Gasteiger partial charge < -0.3 is 14.2 Å². The van der Waals surface area contributed by atoms with Crippen LogP contribution >= 0.6 is 0 Å². The fourth-order valence-electron chi connectivity index (χ4n) is 3.67. The molecule has 7 nitrogen and oxygen atoms in total. The van der Waals surface area contributed by atoms with Gasteiger partial charge in [0.05, 0.1) is 7.11 Å². The maximum absolute atomic E-state index is 13.3. The number of hydrogen-bond acceptors (Lipinski definition) is 4. The third-order valence-electron chi connectivity index (χ3n) is 5.08. The molecule has 0 bridgehead atoms. The fourth-order valence-corrected chi connectivity index (χ4v) is 3.67. The van der Waals surface area contributed by atoms with Crippen molar-refractivity contribution in [1.82, 2.24) is 19.4 Å². The Balaban J connectivity index is 1.74. The van der Waals surface area contributed by atoms with E-state index < -0.39 is 6.04 Å². The molecule has 7 heteroatoms. The molecule has 1 atom stereocenters. The van der Waals surface area contributed by atoms with E-state index in [9.17, 15) is 9.59 Å². The normalized spacial score (nSPS) is 15.1. The molecule has 3 aromatic rings. The van der Waals surface area contributed by atoms with Crippen molar-refractivity contribution in [3.63, 3.8) is 0 Å². The summed E-state index contributed by atoms with van der Waals surface area (Å²) in [5.74, 6) is 0.935. The van der Waals surface area contributed by atoms with Crippen LogP contribution in [-0.2, 0) is 18.4 Å². The average molecular weight is 390 g/mol. The molecule has 0 saturated carbocycles. The number of urea groups is 1. The summed E-state index contributed by atoms with van der Waals surface area (Å²) in [6.45, 7) is 0.408. The summed E-state index contributed by atoms with van der Waals surface area (Å²) in [5, 5.41) is 0. The lowest BCUT2D eigenvalue weighted by atomic mass is 10.0. The van der Waals surface area contributed by atoms with Crippen molar-refractivity contribution in [2.45, 2.75) is 12.6 Å². The zero-order valence-electron chi connectivity index (χ0n) is 16.4. The van der Waals surface area contributed by atoms with Gasteiger partial charge in [0, 0.05) is 31.5 Å². The van der Waals surface area contributed by atoms with Gasteiger partial charge in [-0.05, 0) is 11.6 Å². The first-order valence-corrected chi connectivity index (χ1v) is 9.35. The Hall–Kier alpha value is -3.61. The summed E-state index contributed by atoms with van der Waals surface area (Å²) in [6, 6.07) is 16.0. The number of imidazole rings is 1. The number of nitrogens with zero attached hydrogens (tertiary/aromatic N) is 4. The Kier molecular flexibility index (Phi) is 5.03. The molecule has 1 saturated heterocycles. The monoisotopic (exact) mass is 390 g/mol.